The number of fused-ring (bicyclic) bond motifs is 1. The van der Waals surface area contributed by atoms with Gasteiger partial charge in [0.25, 0.3) is 5.56 Å². The first-order valence-electron chi connectivity index (χ1n) is 9.11. The summed E-state index contributed by atoms with van der Waals surface area (Å²) in [5.41, 5.74) is 0.674. The third kappa shape index (κ3) is 3.80. The maximum absolute atomic E-state index is 13.0. The molecule has 0 N–H and O–H groups in total. The predicted octanol–water partition coefficient (Wildman–Crippen LogP) is 1.89. The lowest BCUT2D eigenvalue weighted by Gasteiger charge is -2.33. The monoisotopic (exact) mass is 411 g/mol. The van der Waals surface area contributed by atoms with Crippen molar-refractivity contribution in [1.29, 1.82) is 0 Å². The molecule has 3 heterocycles. The minimum Gasteiger partial charge on any atom is -0.334 e. The predicted molar refractivity (Wildman–Crippen MR) is 107 cm³/mol. The van der Waals surface area contributed by atoms with Gasteiger partial charge in [0.15, 0.2) is 9.84 Å². The van der Waals surface area contributed by atoms with Gasteiger partial charge in [0.05, 0.1) is 23.2 Å². The van der Waals surface area contributed by atoms with Gasteiger partial charge in [-0.3, -0.25) is 14.2 Å². The number of carbonyl (C=O) groups is 1. The van der Waals surface area contributed by atoms with Gasteiger partial charge in [-0.05, 0) is 39.2 Å². The highest BCUT2D eigenvalue weighted by Gasteiger charge is 2.36. The smallest absolute Gasteiger partial charge is 0.262 e. The SMILES string of the molecule is CC[C@@H](C)N(C(=O)Cn1cnc2sc(C)c(C)c2c1=O)[C@H]1CCS(=O)(=O)C1. The van der Waals surface area contributed by atoms with Crippen molar-refractivity contribution in [3.05, 3.63) is 27.1 Å². The Bertz CT molecular complexity index is 1040. The topological polar surface area (TPSA) is 89.3 Å². The zero-order valence-corrected chi connectivity index (χ0v) is 17.7. The maximum Gasteiger partial charge on any atom is 0.262 e. The molecule has 27 heavy (non-hydrogen) atoms. The fourth-order valence-corrected chi connectivity index (χ4v) is 6.31. The van der Waals surface area contributed by atoms with Crippen LogP contribution in [-0.4, -0.2) is 52.4 Å². The Morgan fingerprint density at radius 3 is 2.74 bits per heavy atom. The number of hydrogen-bond acceptors (Lipinski definition) is 6. The summed E-state index contributed by atoms with van der Waals surface area (Å²) in [5.74, 6) is -0.129. The van der Waals surface area contributed by atoms with Crippen molar-refractivity contribution >= 4 is 37.3 Å². The summed E-state index contributed by atoms with van der Waals surface area (Å²) in [7, 11) is -3.10. The number of sulfone groups is 1. The fourth-order valence-electron chi connectivity index (χ4n) is 3.61. The van der Waals surface area contributed by atoms with E-state index in [0.29, 0.717) is 16.6 Å². The molecular formula is C18H25N3O4S2. The van der Waals surface area contributed by atoms with Crippen molar-refractivity contribution in [2.75, 3.05) is 11.5 Å². The van der Waals surface area contributed by atoms with Crippen LogP contribution >= 0.6 is 11.3 Å². The van der Waals surface area contributed by atoms with E-state index in [-0.39, 0.29) is 41.6 Å². The maximum atomic E-state index is 13.0. The molecule has 1 fully saturated rings. The molecule has 1 saturated heterocycles. The number of rotatable bonds is 5. The summed E-state index contributed by atoms with van der Waals surface area (Å²) in [6, 6.07) is -0.414. The molecule has 1 aliphatic heterocycles. The molecule has 0 spiro atoms. The molecule has 0 radical (unpaired) electrons. The first-order chi connectivity index (χ1) is 12.6. The number of amides is 1. The van der Waals surface area contributed by atoms with Crippen LogP contribution in [0, 0.1) is 13.8 Å². The molecule has 0 aliphatic carbocycles. The summed E-state index contributed by atoms with van der Waals surface area (Å²) in [5, 5.41) is 0.561. The highest BCUT2D eigenvalue weighted by atomic mass is 32.2. The molecule has 148 valence electrons. The van der Waals surface area contributed by atoms with Crippen LogP contribution in [0.1, 0.15) is 37.1 Å². The molecule has 7 nitrogen and oxygen atoms in total. The Morgan fingerprint density at radius 1 is 1.44 bits per heavy atom. The Hall–Kier alpha value is -1.74. The van der Waals surface area contributed by atoms with Crippen molar-refractivity contribution in [3.63, 3.8) is 0 Å². The van der Waals surface area contributed by atoms with Gasteiger partial charge in [0.2, 0.25) is 5.91 Å². The second kappa shape index (κ2) is 7.35. The highest BCUT2D eigenvalue weighted by molar-refractivity contribution is 7.91. The number of thiophene rings is 1. The standard InChI is InChI=1S/C18H25N3O4S2/c1-5-11(2)21(14-6-7-27(24,25)9-14)15(22)8-20-10-19-17-16(18(20)23)12(3)13(4)26-17/h10-11,14H,5-9H2,1-4H3/t11-,14+/m1/s1. The average Bonchev–Trinajstić information content (AvgIpc) is 3.10. The lowest BCUT2D eigenvalue weighted by molar-refractivity contribution is -0.136. The molecule has 0 unspecified atom stereocenters. The van der Waals surface area contributed by atoms with Crippen molar-refractivity contribution in [2.24, 2.45) is 0 Å². The quantitative estimate of drug-likeness (QED) is 0.750. The normalized spacial score (nSPS) is 20.1. The van der Waals surface area contributed by atoms with Crippen molar-refractivity contribution in [1.82, 2.24) is 14.5 Å². The molecule has 1 amide bonds. The van der Waals surface area contributed by atoms with Crippen LogP contribution in [0.4, 0.5) is 0 Å². The van der Waals surface area contributed by atoms with Crippen LogP contribution < -0.4 is 5.56 Å². The second-order valence-corrected chi connectivity index (χ2v) is 10.7. The minimum absolute atomic E-state index is 0.00189. The van der Waals surface area contributed by atoms with E-state index in [4.69, 9.17) is 0 Å². The van der Waals surface area contributed by atoms with Crippen molar-refractivity contribution < 1.29 is 13.2 Å². The van der Waals surface area contributed by atoms with E-state index in [1.807, 2.05) is 27.7 Å². The van der Waals surface area contributed by atoms with E-state index in [1.165, 1.54) is 22.2 Å². The lowest BCUT2D eigenvalue weighted by atomic mass is 10.1. The van der Waals surface area contributed by atoms with E-state index in [1.54, 1.807) is 4.90 Å². The lowest BCUT2D eigenvalue weighted by Crippen LogP contribution is -2.48. The summed E-state index contributed by atoms with van der Waals surface area (Å²) in [4.78, 5) is 33.6. The van der Waals surface area contributed by atoms with E-state index < -0.39 is 9.84 Å². The number of carbonyl (C=O) groups excluding carboxylic acids is 1. The van der Waals surface area contributed by atoms with Crippen molar-refractivity contribution in [2.45, 2.75) is 59.2 Å². The molecule has 2 atom stereocenters. The van der Waals surface area contributed by atoms with E-state index in [2.05, 4.69) is 4.98 Å². The van der Waals surface area contributed by atoms with Gasteiger partial charge in [-0.15, -0.1) is 11.3 Å². The third-order valence-corrected chi connectivity index (χ3v) is 8.28. The van der Waals surface area contributed by atoms with Crippen LogP contribution in [0.2, 0.25) is 0 Å². The highest BCUT2D eigenvalue weighted by Crippen LogP contribution is 2.26. The van der Waals surface area contributed by atoms with Crippen LogP contribution in [0.15, 0.2) is 11.1 Å². The number of hydrogen-bond donors (Lipinski definition) is 0. The van der Waals surface area contributed by atoms with Crippen LogP contribution in [0.5, 0.6) is 0 Å². The Balaban J connectivity index is 1.92. The molecule has 3 rings (SSSR count). The molecule has 2 aromatic rings. The molecule has 0 saturated carbocycles. The molecule has 2 aromatic heterocycles. The summed E-state index contributed by atoms with van der Waals surface area (Å²) in [6.07, 6.45) is 2.59. The third-order valence-electron chi connectivity index (χ3n) is 5.42. The first-order valence-corrected chi connectivity index (χ1v) is 11.7. The zero-order valence-electron chi connectivity index (χ0n) is 16.1. The van der Waals surface area contributed by atoms with E-state index in [0.717, 1.165) is 16.9 Å². The largest absolute Gasteiger partial charge is 0.334 e. The van der Waals surface area contributed by atoms with E-state index >= 15 is 0 Å². The Morgan fingerprint density at radius 2 is 2.15 bits per heavy atom. The van der Waals surface area contributed by atoms with Gasteiger partial charge in [-0.25, -0.2) is 13.4 Å². The summed E-state index contributed by atoms with van der Waals surface area (Å²) in [6.45, 7) is 7.59. The van der Waals surface area contributed by atoms with Crippen LogP contribution in [0.3, 0.4) is 0 Å². The average molecular weight is 412 g/mol. The molecule has 9 heteroatoms. The van der Waals surface area contributed by atoms with Gasteiger partial charge >= 0.3 is 0 Å². The van der Waals surface area contributed by atoms with Crippen LogP contribution in [0.25, 0.3) is 10.2 Å². The second-order valence-electron chi connectivity index (χ2n) is 7.26. The Labute approximate surface area is 162 Å². The van der Waals surface area contributed by atoms with Crippen LogP contribution in [-0.2, 0) is 21.2 Å². The van der Waals surface area contributed by atoms with Gasteiger partial charge in [0.1, 0.15) is 11.4 Å². The van der Waals surface area contributed by atoms with E-state index in [9.17, 15) is 18.0 Å². The molecular weight excluding hydrogens is 386 g/mol. The number of aromatic nitrogens is 2. The first kappa shape index (κ1) is 20.0. The summed E-state index contributed by atoms with van der Waals surface area (Å²) < 4.78 is 25.1. The Kier molecular flexibility index (Phi) is 5.45. The minimum atomic E-state index is -3.10. The molecule has 0 aromatic carbocycles. The van der Waals surface area contributed by atoms with Gasteiger partial charge in [0, 0.05) is 17.0 Å². The number of nitrogens with zero attached hydrogens (tertiary/aromatic N) is 3. The zero-order chi connectivity index (χ0) is 19.9. The number of aryl methyl sites for hydroxylation is 2. The van der Waals surface area contributed by atoms with Gasteiger partial charge in [-0.1, -0.05) is 6.92 Å². The van der Waals surface area contributed by atoms with Gasteiger partial charge < -0.3 is 4.90 Å². The van der Waals surface area contributed by atoms with Gasteiger partial charge in [-0.2, -0.15) is 0 Å². The molecule has 0 bridgehead atoms. The molecule has 1 aliphatic rings. The van der Waals surface area contributed by atoms with Crippen molar-refractivity contribution in [3.8, 4) is 0 Å². The fraction of sp³-hybridized carbons (Fsp3) is 0.611. The summed E-state index contributed by atoms with van der Waals surface area (Å²) >= 11 is 1.47.